The minimum absolute atomic E-state index is 0.00391. The molecule has 7 atom stereocenters. The summed E-state index contributed by atoms with van der Waals surface area (Å²) >= 11 is 0. The Balaban J connectivity index is 1.10. The molecule has 4 aliphatic rings. The van der Waals surface area contributed by atoms with Crippen LogP contribution in [0.3, 0.4) is 0 Å². The van der Waals surface area contributed by atoms with Crippen LogP contribution in [-0.4, -0.2) is 141 Å². The number of benzene rings is 3. The summed E-state index contributed by atoms with van der Waals surface area (Å²) < 4.78 is 0. The first-order chi connectivity index (χ1) is 33.6. The van der Waals surface area contributed by atoms with Crippen LogP contribution in [0, 0.1) is 0 Å². The van der Waals surface area contributed by atoms with Crippen molar-refractivity contribution >= 4 is 63.2 Å². The summed E-state index contributed by atoms with van der Waals surface area (Å²) in [7, 11) is 0. The summed E-state index contributed by atoms with van der Waals surface area (Å²) in [5.74, 6) is -2.96. The van der Waals surface area contributed by atoms with E-state index < -0.39 is 77.8 Å². The van der Waals surface area contributed by atoms with Crippen LogP contribution in [0.1, 0.15) is 61.6 Å². The quantitative estimate of drug-likeness (QED) is 0.0925. The van der Waals surface area contributed by atoms with Gasteiger partial charge in [0.1, 0.15) is 36.3 Å². The monoisotopic (exact) mass is 939 g/mol. The van der Waals surface area contributed by atoms with Crippen LogP contribution in [0.15, 0.2) is 96.2 Å². The van der Waals surface area contributed by atoms with E-state index in [2.05, 4.69) is 46.9 Å². The fourth-order valence-electron chi connectivity index (χ4n) is 10.2. The standard InChI is InChI=1S/C51H61N11O7/c63-43-20-25-62-44(43)48(67)60-41(28-33-30-56-37-17-7-5-15-35(33)37)47(66)58-39(26-31-12-2-1-3-13-31)45(64)59-40(27-32-29-55-36-16-6-4-14-34(32)36)46(65)57-38(18-10-21-52-51-53-22-11-23-54-51)49(68)61-24-9-8-19-42(61)50(62)69/h1-7,12-17,29-30,38-44,55-56,63H,8-11,18-28H2,(H,57,65)(H,58,66)(H,59,64)(H,60,67)(H2,52,53,54)/t38-,39+,40-,41-,42+,43+,44-/m0/s1. The van der Waals surface area contributed by atoms with Crippen molar-refractivity contribution in [2.45, 2.75) is 107 Å². The number of amides is 6. The molecule has 18 nitrogen and oxygen atoms in total. The van der Waals surface area contributed by atoms with Crippen LogP contribution in [0.2, 0.25) is 0 Å². The van der Waals surface area contributed by atoms with Gasteiger partial charge in [-0.1, -0.05) is 66.7 Å². The number of nitrogens with one attached hydrogen (secondary N) is 8. The van der Waals surface area contributed by atoms with Crippen LogP contribution >= 0.6 is 0 Å². The summed E-state index contributed by atoms with van der Waals surface area (Å²) in [6.07, 6.45) is 5.58. The summed E-state index contributed by atoms with van der Waals surface area (Å²) in [5.41, 5.74) is 3.84. The van der Waals surface area contributed by atoms with Gasteiger partial charge in [-0.3, -0.25) is 33.8 Å². The molecule has 0 aliphatic carbocycles. The highest BCUT2D eigenvalue weighted by atomic mass is 16.3. The van der Waals surface area contributed by atoms with E-state index in [9.17, 15) is 29.1 Å². The van der Waals surface area contributed by atoms with E-state index in [-0.39, 0.29) is 45.2 Å². The zero-order chi connectivity index (χ0) is 47.9. The van der Waals surface area contributed by atoms with Gasteiger partial charge in [-0.25, -0.2) is 0 Å². The molecule has 362 valence electrons. The van der Waals surface area contributed by atoms with E-state index in [0.29, 0.717) is 50.3 Å². The lowest BCUT2D eigenvalue weighted by Gasteiger charge is -2.40. The number of guanidine groups is 1. The Hall–Kier alpha value is -7.21. The fraction of sp³-hybridized carbons (Fsp3) is 0.431. The Morgan fingerprint density at radius 3 is 1.84 bits per heavy atom. The smallest absolute Gasteiger partial charge is 0.246 e. The van der Waals surface area contributed by atoms with Crippen LogP contribution in [0.4, 0.5) is 0 Å². The topological polar surface area (TPSA) is 245 Å². The Bertz CT molecular complexity index is 2700. The number of aliphatic hydroxyl groups excluding tert-OH is 1. The van der Waals surface area contributed by atoms with E-state index in [1.165, 1.54) is 9.80 Å². The molecule has 9 N–H and O–H groups in total. The number of para-hydroxylation sites is 2. The molecular weight excluding hydrogens is 879 g/mol. The predicted octanol–water partition coefficient (Wildman–Crippen LogP) is 1.69. The van der Waals surface area contributed by atoms with Gasteiger partial charge in [0.15, 0.2) is 5.96 Å². The maximum absolute atomic E-state index is 15.0. The highest BCUT2D eigenvalue weighted by Gasteiger charge is 2.47. The van der Waals surface area contributed by atoms with Gasteiger partial charge in [0.2, 0.25) is 35.4 Å². The number of aliphatic imine (C=N–C) groups is 1. The molecule has 3 fully saturated rings. The molecule has 18 heteroatoms. The molecule has 0 bridgehead atoms. The summed E-state index contributed by atoms with van der Waals surface area (Å²) in [6, 6.07) is 17.1. The number of carbonyl (C=O) groups is 6. The van der Waals surface area contributed by atoms with E-state index in [4.69, 9.17) is 0 Å². The molecule has 2 aromatic heterocycles. The Kier molecular flexibility index (Phi) is 14.5. The zero-order valence-electron chi connectivity index (χ0n) is 38.5. The molecule has 0 unspecified atom stereocenters. The molecule has 6 heterocycles. The van der Waals surface area contributed by atoms with Crippen molar-refractivity contribution < 1.29 is 33.9 Å². The maximum Gasteiger partial charge on any atom is 0.246 e. The highest BCUT2D eigenvalue weighted by molar-refractivity contribution is 5.99. The molecule has 4 aliphatic heterocycles. The first-order valence-corrected chi connectivity index (χ1v) is 24.3. The van der Waals surface area contributed by atoms with Gasteiger partial charge in [0.05, 0.1) is 6.10 Å². The number of rotatable bonds is 10. The molecule has 3 aromatic carbocycles. The number of fused-ring (bicyclic) bond motifs is 4. The van der Waals surface area contributed by atoms with E-state index in [0.717, 1.165) is 45.9 Å². The number of H-pyrrole nitrogens is 2. The van der Waals surface area contributed by atoms with Gasteiger partial charge in [0.25, 0.3) is 0 Å². The van der Waals surface area contributed by atoms with Crippen LogP contribution < -0.4 is 31.9 Å². The van der Waals surface area contributed by atoms with Crippen molar-refractivity contribution in [2.75, 3.05) is 32.7 Å². The van der Waals surface area contributed by atoms with E-state index in [1.807, 2.05) is 78.9 Å². The fourth-order valence-corrected chi connectivity index (χ4v) is 10.2. The number of aromatic nitrogens is 2. The van der Waals surface area contributed by atoms with Crippen molar-refractivity contribution in [2.24, 2.45) is 4.99 Å². The lowest BCUT2D eigenvalue weighted by molar-refractivity contribution is -0.152. The van der Waals surface area contributed by atoms with Crippen LogP contribution in [-0.2, 0) is 48.0 Å². The second-order valence-electron chi connectivity index (χ2n) is 18.5. The molecular formula is C51H61N11O7. The number of nitrogens with zero attached hydrogens (tertiary/aromatic N) is 3. The first kappa shape index (κ1) is 46.9. The molecule has 0 saturated carbocycles. The molecule has 6 amide bonds. The average Bonchev–Trinajstić information content (AvgIpc) is 4.10. The number of carbonyl (C=O) groups excluding carboxylic acids is 6. The predicted molar refractivity (Wildman–Crippen MR) is 260 cm³/mol. The molecule has 69 heavy (non-hydrogen) atoms. The Morgan fingerprint density at radius 1 is 0.609 bits per heavy atom. The van der Waals surface area contributed by atoms with E-state index in [1.54, 1.807) is 12.4 Å². The average molecular weight is 940 g/mol. The van der Waals surface area contributed by atoms with Crippen LogP contribution in [0.5, 0.6) is 0 Å². The second kappa shape index (κ2) is 21.4. The molecule has 5 aromatic rings. The molecule has 0 radical (unpaired) electrons. The first-order valence-electron chi connectivity index (χ1n) is 24.3. The number of aliphatic hydroxyl groups is 1. The van der Waals surface area contributed by atoms with E-state index >= 15 is 4.79 Å². The zero-order valence-corrected chi connectivity index (χ0v) is 38.5. The van der Waals surface area contributed by atoms with Crippen LogP contribution in [0.25, 0.3) is 21.8 Å². The third-order valence-corrected chi connectivity index (χ3v) is 13.8. The number of piperidine rings is 1. The second-order valence-corrected chi connectivity index (χ2v) is 18.5. The normalized spacial score (nSPS) is 25.3. The van der Waals surface area contributed by atoms with Crippen molar-refractivity contribution in [1.29, 1.82) is 0 Å². The largest absolute Gasteiger partial charge is 0.390 e. The highest BCUT2D eigenvalue weighted by Crippen LogP contribution is 2.28. The van der Waals surface area contributed by atoms with Crippen molar-refractivity contribution in [3.63, 3.8) is 0 Å². The molecule has 3 saturated heterocycles. The Labute approximate surface area is 399 Å². The third kappa shape index (κ3) is 10.8. The van der Waals surface area contributed by atoms with Gasteiger partial charge < -0.3 is 56.8 Å². The maximum atomic E-state index is 15.0. The van der Waals surface area contributed by atoms with Gasteiger partial charge in [0, 0.05) is 86.2 Å². The number of aromatic amines is 2. The summed E-state index contributed by atoms with van der Waals surface area (Å²) in [5, 5.41) is 31.4. The molecule has 0 spiro atoms. The van der Waals surface area contributed by atoms with Crippen molar-refractivity contribution in [3.8, 4) is 0 Å². The van der Waals surface area contributed by atoms with Gasteiger partial charge in [-0.2, -0.15) is 0 Å². The minimum atomic E-state index is -1.36. The van der Waals surface area contributed by atoms with Crippen molar-refractivity contribution in [1.82, 2.24) is 51.7 Å². The lowest BCUT2D eigenvalue weighted by Crippen LogP contribution is -2.63. The third-order valence-electron chi connectivity index (χ3n) is 13.8. The minimum Gasteiger partial charge on any atom is -0.390 e. The van der Waals surface area contributed by atoms with Gasteiger partial charge >= 0.3 is 0 Å². The summed E-state index contributed by atoms with van der Waals surface area (Å²) in [6.45, 7) is 2.20. The Morgan fingerprint density at radius 2 is 1.20 bits per heavy atom. The molecule has 9 rings (SSSR count). The lowest BCUT2D eigenvalue weighted by atomic mass is 9.97. The number of hydrogen-bond acceptors (Lipinski definition) is 10. The summed E-state index contributed by atoms with van der Waals surface area (Å²) in [4.78, 5) is 103. The SMILES string of the molecule is O=C1N[C@H](Cc2ccccc2)C(=O)N[C@@H](Cc2c[nH]c3ccccc23)C(=O)N[C@@H](CCCNC2=NCCCN2)C(=O)N2CCCC[C@@H]2C(=O)N2CC[C@@H](O)[C@H]2C(=O)N[C@H]1Cc1c[nH]c2ccccc12. The van der Waals surface area contributed by atoms with Gasteiger partial charge in [-0.05, 0) is 73.8 Å². The van der Waals surface area contributed by atoms with Gasteiger partial charge in [-0.15, -0.1) is 0 Å². The number of hydrogen-bond donors (Lipinski definition) is 9. The van der Waals surface area contributed by atoms with Crippen molar-refractivity contribution in [3.05, 3.63) is 108 Å².